The van der Waals surface area contributed by atoms with Crippen LogP contribution in [0.3, 0.4) is 0 Å². The molecule has 0 aromatic heterocycles. The minimum Gasteiger partial charge on any atom is -0.362 e. The average Bonchev–Trinajstić information content (AvgIpc) is 2.67. The molecule has 0 unspecified atom stereocenters. The first-order valence-corrected chi connectivity index (χ1v) is 8.61. The quantitative estimate of drug-likeness (QED) is 0.822. The number of fused-ring (bicyclic) bond motifs is 1. The van der Waals surface area contributed by atoms with Crippen molar-refractivity contribution in [2.24, 2.45) is 5.10 Å². The predicted molar refractivity (Wildman–Crippen MR) is 99.5 cm³/mol. The zero-order chi connectivity index (χ0) is 18.6. The molecule has 0 aromatic rings. The van der Waals surface area contributed by atoms with Crippen LogP contribution in [-0.4, -0.2) is 36.7 Å². The first kappa shape index (κ1) is 19.1. The van der Waals surface area contributed by atoms with Crippen molar-refractivity contribution in [1.82, 2.24) is 15.6 Å². The van der Waals surface area contributed by atoms with Gasteiger partial charge in [-0.3, -0.25) is 4.79 Å². The van der Waals surface area contributed by atoms with Gasteiger partial charge in [0.2, 0.25) is 0 Å². The van der Waals surface area contributed by atoms with Crippen LogP contribution in [-0.2, 0) is 4.79 Å². The maximum atomic E-state index is 14.2. The summed E-state index contributed by atoms with van der Waals surface area (Å²) in [4.78, 5) is 14.5. The Bertz CT molecular complexity index is 713. The van der Waals surface area contributed by atoms with Gasteiger partial charge in [0.25, 0.3) is 5.91 Å². The van der Waals surface area contributed by atoms with Gasteiger partial charge in [-0.05, 0) is 46.0 Å². The minimum atomic E-state index is -0.381. The zero-order valence-electron chi connectivity index (χ0n) is 15.7. The summed E-state index contributed by atoms with van der Waals surface area (Å²) in [6, 6.07) is 0. The molecule has 2 N–H and O–H groups in total. The van der Waals surface area contributed by atoms with Crippen molar-refractivity contribution in [2.45, 2.75) is 40.5 Å². The predicted octanol–water partition coefficient (Wildman–Crippen LogP) is 3.16. The summed E-state index contributed by atoms with van der Waals surface area (Å²) >= 11 is 0. The Labute approximate surface area is 149 Å². The van der Waals surface area contributed by atoms with Crippen LogP contribution in [0, 0.1) is 0 Å². The lowest BCUT2D eigenvalue weighted by Crippen LogP contribution is -2.24. The number of halogens is 1. The van der Waals surface area contributed by atoms with E-state index in [4.69, 9.17) is 0 Å². The SMILES string of the molecule is CCN(C)CC/C1=C2\C(C)=NNC(=O)C(=C2C)/C=C(/F)C/C=C(\C)N1. The molecule has 2 aliphatic heterocycles. The van der Waals surface area contributed by atoms with Crippen molar-refractivity contribution < 1.29 is 9.18 Å². The number of hydrogen-bond donors (Lipinski definition) is 2. The molecule has 0 saturated carbocycles. The standard InChI is InChI=1S/C19H27FN4O/c1-6-24(5)10-9-17-18-13(3)16(19(25)23-22-14(18)4)11-15(20)8-7-12(2)21-17/h7,11,21H,6,8-10H2,1-5H3,(H,23,25)/b12-7+,15-11+,18-17+. The van der Waals surface area contributed by atoms with E-state index in [2.05, 4.69) is 34.7 Å². The summed E-state index contributed by atoms with van der Waals surface area (Å²) in [5, 5.41) is 7.59. The Morgan fingerprint density at radius 3 is 2.72 bits per heavy atom. The van der Waals surface area contributed by atoms with Gasteiger partial charge in [0.15, 0.2) is 0 Å². The highest BCUT2D eigenvalue weighted by Crippen LogP contribution is 2.27. The molecule has 2 heterocycles. The van der Waals surface area contributed by atoms with Crippen LogP contribution < -0.4 is 10.7 Å². The van der Waals surface area contributed by atoms with E-state index in [1.807, 2.05) is 20.8 Å². The second kappa shape index (κ2) is 8.25. The lowest BCUT2D eigenvalue weighted by molar-refractivity contribution is -0.117. The van der Waals surface area contributed by atoms with Gasteiger partial charge in [-0.2, -0.15) is 5.10 Å². The van der Waals surface area contributed by atoms with Crippen LogP contribution in [0.25, 0.3) is 0 Å². The van der Waals surface area contributed by atoms with Crippen LogP contribution in [0.5, 0.6) is 0 Å². The Kier molecular flexibility index (Phi) is 6.31. The molecule has 0 aliphatic carbocycles. The van der Waals surface area contributed by atoms with E-state index in [0.717, 1.165) is 42.1 Å². The fourth-order valence-corrected chi connectivity index (χ4v) is 2.91. The molecule has 0 atom stereocenters. The average molecular weight is 346 g/mol. The Morgan fingerprint density at radius 1 is 1.32 bits per heavy atom. The number of amides is 1. The van der Waals surface area contributed by atoms with Crippen molar-refractivity contribution >= 4 is 11.6 Å². The second-order valence-electron chi connectivity index (χ2n) is 6.48. The minimum absolute atomic E-state index is 0.153. The third-order valence-corrected chi connectivity index (χ3v) is 4.55. The Morgan fingerprint density at radius 2 is 2.04 bits per heavy atom. The molecule has 1 amide bonds. The van der Waals surface area contributed by atoms with Gasteiger partial charge in [0.1, 0.15) is 5.83 Å². The maximum Gasteiger partial charge on any atom is 0.271 e. The molecule has 2 bridgehead atoms. The van der Waals surface area contributed by atoms with E-state index < -0.39 is 0 Å². The molecule has 0 fully saturated rings. The molecular weight excluding hydrogens is 319 g/mol. The molecule has 6 heteroatoms. The second-order valence-corrected chi connectivity index (χ2v) is 6.48. The van der Waals surface area contributed by atoms with Gasteiger partial charge in [-0.15, -0.1) is 0 Å². The van der Waals surface area contributed by atoms with Crippen LogP contribution in [0.1, 0.15) is 40.5 Å². The van der Waals surface area contributed by atoms with Crippen LogP contribution >= 0.6 is 0 Å². The van der Waals surface area contributed by atoms with Crippen LogP contribution in [0.2, 0.25) is 0 Å². The largest absolute Gasteiger partial charge is 0.362 e. The van der Waals surface area contributed by atoms with Gasteiger partial charge >= 0.3 is 0 Å². The Hall–Kier alpha value is -2.21. The third-order valence-electron chi connectivity index (χ3n) is 4.55. The van der Waals surface area contributed by atoms with Crippen molar-refractivity contribution in [3.05, 3.63) is 46.1 Å². The van der Waals surface area contributed by atoms with E-state index in [1.165, 1.54) is 6.08 Å². The highest BCUT2D eigenvalue weighted by atomic mass is 19.1. The first-order chi connectivity index (χ1) is 11.8. The van der Waals surface area contributed by atoms with E-state index in [1.54, 1.807) is 6.08 Å². The van der Waals surface area contributed by atoms with Crippen molar-refractivity contribution in [3.8, 4) is 0 Å². The van der Waals surface area contributed by atoms with Gasteiger partial charge in [-0.25, -0.2) is 9.82 Å². The number of nitrogens with zero attached hydrogens (tertiary/aromatic N) is 2. The van der Waals surface area contributed by atoms with Crippen LogP contribution in [0.4, 0.5) is 4.39 Å². The summed E-state index contributed by atoms with van der Waals surface area (Å²) in [6.45, 7) is 9.57. The van der Waals surface area contributed by atoms with E-state index in [9.17, 15) is 9.18 Å². The number of hydrazone groups is 1. The monoisotopic (exact) mass is 346 g/mol. The first-order valence-electron chi connectivity index (χ1n) is 8.61. The molecule has 2 aliphatic rings. The number of allylic oxidation sites excluding steroid dienone is 5. The number of carbonyl (C=O) groups is 1. The van der Waals surface area contributed by atoms with Crippen LogP contribution in [0.15, 0.2) is 51.2 Å². The van der Waals surface area contributed by atoms with Gasteiger partial charge in [0.05, 0.1) is 5.71 Å². The van der Waals surface area contributed by atoms with E-state index >= 15 is 0 Å². The van der Waals surface area contributed by atoms with E-state index in [-0.39, 0.29) is 18.2 Å². The smallest absolute Gasteiger partial charge is 0.271 e. The zero-order valence-corrected chi connectivity index (χ0v) is 15.7. The molecule has 2 rings (SSSR count). The number of rotatable bonds is 4. The molecular formula is C19H27FN4O. The Balaban J connectivity index is 2.63. The van der Waals surface area contributed by atoms with Gasteiger partial charge in [-0.1, -0.05) is 13.0 Å². The number of carbonyl (C=O) groups excluding carboxylic acids is 1. The molecule has 5 nitrogen and oxygen atoms in total. The van der Waals surface area contributed by atoms with Gasteiger partial charge < -0.3 is 10.2 Å². The van der Waals surface area contributed by atoms with Crippen molar-refractivity contribution in [1.29, 1.82) is 0 Å². The van der Waals surface area contributed by atoms with Gasteiger partial charge in [0, 0.05) is 41.9 Å². The fraction of sp³-hybridized carbons (Fsp3) is 0.474. The fourth-order valence-electron chi connectivity index (χ4n) is 2.91. The molecule has 0 aromatic carbocycles. The number of hydrogen-bond acceptors (Lipinski definition) is 4. The summed E-state index contributed by atoms with van der Waals surface area (Å²) in [5.41, 5.74) is 7.04. The van der Waals surface area contributed by atoms with E-state index in [0.29, 0.717) is 11.3 Å². The molecule has 0 radical (unpaired) electrons. The highest BCUT2D eigenvalue weighted by molar-refractivity contribution is 6.09. The van der Waals surface area contributed by atoms with Crippen molar-refractivity contribution in [3.63, 3.8) is 0 Å². The summed E-state index contributed by atoms with van der Waals surface area (Å²) in [7, 11) is 2.07. The highest BCUT2D eigenvalue weighted by Gasteiger charge is 2.23. The lowest BCUT2D eigenvalue weighted by Gasteiger charge is -2.22. The normalized spacial score (nSPS) is 26.0. The molecule has 0 saturated heterocycles. The maximum absolute atomic E-state index is 14.2. The topological polar surface area (TPSA) is 56.7 Å². The molecule has 25 heavy (non-hydrogen) atoms. The molecule has 136 valence electrons. The molecule has 0 spiro atoms. The summed E-state index contributed by atoms with van der Waals surface area (Å²) < 4.78 is 14.2. The summed E-state index contributed by atoms with van der Waals surface area (Å²) in [6.07, 6.45) is 4.06. The summed E-state index contributed by atoms with van der Waals surface area (Å²) in [5.74, 6) is -0.730. The van der Waals surface area contributed by atoms with Crippen molar-refractivity contribution in [2.75, 3.05) is 20.1 Å². The number of nitrogens with one attached hydrogen (secondary N) is 2. The third kappa shape index (κ3) is 4.66. The lowest BCUT2D eigenvalue weighted by atomic mass is 9.93.